The molecule has 2 aromatic rings. The molecule has 7 nitrogen and oxygen atoms in total. The Bertz CT molecular complexity index is 1510. The third kappa shape index (κ3) is 4.43. The fraction of sp³-hybridized carbons (Fsp3) is 0.485. The van der Waals surface area contributed by atoms with Crippen LogP contribution in [0.4, 0.5) is 10.1 Å². The van der Waals surface area contributed by atoms with Crippen molar-refractivity contribution in [2.45, 2.75) is 76.9 Å². The lowest BCUT2D eigenvalue weighted by atomic mass is 9.88. The maximum atomic E-state index is 14.0. The number of methoxy groups -OCH3 is 1. The van der Waals surface area contributed by atoms with Crippen LogP contribution in [0.5, 0.6) is 5.75 Å². The van der Waals surface area contributed by atoms with Gasteiger partial charge in [0.25, 0.3) is 0 Å². The average Bonchev–Trinajstić information content (AvgIpc) is 3.37. The molecule has 0 saturated heterocycles. The van der Waals surface area contributed by atoms with Crippen LogP contribution in [0.2, 0.25) is 0 Å². The Balaban J connectivity index is 1.48. The number of ether oxygens (including phenoxy) is 2. The lowest BCUT2D eigenvalue weighted by Crippen LogP contribution is -2.45. The van der Waals surface area contributed by atoms with E-state index in [0.717, 1.165) is 77.8 Å². The van der Waals surface area contributed by atoms with Crippen LogP contribution in [0.15, 0.2) is 41.1 Å². The highest BCUT2D eigenvalue weighted by molar-refractivity contribution is 8.04. The van der Waals surface area contributed by atoms with Crippen molar-refractivity contribution in [2.75, 3.05) is 31.7 Å². The minimum absolute atomic E-state index is 0.127. The first kappa shape index (κ1) is 27.5. The number of thioether (sulfide) groups is 1. The van der Waals surface area contributed by atoms with E-state index in [4.69, 9.17) is 9.47 Å². The third-order valence-corrected chi connectivity index (χ3v) is 10.0. The van der Waals surface area contributed by atoms with Gasteiger partial charge in [-0.2, -0.15) is 0 Å². The molecule has 9 heteroatoms. The summed E-state index contributed by atoms with van der Waals surface area (Å²) < 4.78 is 26.0. The molecule has 5 aliphatic rings. The summed E-state index contributed by atoms with van der Waals surface area (Å²) in [5, 5.41) is 3.88. The maximum Gasteiger partial charge on any atom is 0.307 e. The molecule has 0 radical (unpaired) electrons. The van der Waals surface area contributed by atoms with Crippen LogP contribution in [0.1, 0.15) is 69.2 Å². The van der Waals surface area contributed by atoms with Crippen LogP contribution in [0.25, 0.3) is 11.4 Å². The zero-order chi connectivity index (χ0) is 29.3. The van der Waals surface area contributed by atoms with E-state index in [9.17, 15) is 9.18 Å². The summed E-state index contributed by atoms with van der Waals surface area (Å²) in [5.74, 6) is 1.44. The highest BCUT2D eigenvalue weighted by Crippen LogP contribution is 2.57. The zero-order valence-corrected chi connectivity index (χ0v) is 25.9. The molecule has 0 bridgehead atoms. The van der Waals surface area contributed by atoms with Crippen LogP contribution >= 0.6 is 11.8 Å². The number of halogens is 1. The third-order valence-electron chi connectivity index (χ3n) is 8.82. The molecule has 0 saturated carbocycles. The number of esters is 1. The second kappa shape index (κ2) is 10.1. The van der Waals surface area contributed by atoms with E-state index in [0.29, 0.717) is 6.61 Å². The van der Waals surface area contributed by atoms with Crippen molar-refractivity contribution in [1.29, 1.82) is 0 Å². The van der Waals surface area contributed by atoms with E-state index in [1.165, 1.54) is 36.1 Å². The van der Waals surface area contributed by atoms with Gasteiger partial charge in [0.15, 0.2) is 5.50 Å². The number of aryl methyl sites for hydroxylation is 1. The first-order valence-corrected chi connectivity index (χ1v) is 15.9. The Labute approximate surface area is 251 Å². The molecular weight excluding hydrogens is 551 g/mol. The number of allylic oxidation sites excluding steroid dienone is 1. The molecule has 0 aromatic heterocycles. The lowest BCUT2D eigenvalue weighted by Gasteiger charge is -2.38. The van der Waals surface area contributed by atoms with Crippen molar-refractivity contribution < 1.29 is 18.7 Å². The Hall–Kier alpha value is -3.33. The molecule has 5 heterocycles. The van der Waals surface area contributed by atoms with Crippen LogP contribution in [-0.2, 0) is 22.4 Å². The molecule has 0 aliphatic carbocycles. The lowest BCUT2D eigenvalue weighted by molar-refractivity contribution is -0.142. The molecule has 5 aliphatic heterocycles. The van der Waals surface area contributed by atoms with E-state index in [1.807, 2.05) is 12.1 Å². The molecular formula is C33H39FN4O3S. The topological polar surface area (TPSA) is 57.3 Å². The van der Waals surface area contributed by atoms with Crippen LogP contribution in [0.3, 0.4) is 0 Å². The number of nitrogens with zero attached hydrogens (tertiary/aromatic N) is 3. The quantitative estimate of drug-likeness (QED) is 0.442. The van der Waals surface area contributed by atoms with Crippen molar-refractivity contribution in [3.63, 3.8) is 0 Å². The minimum atomic E-state index is -0.254. The summed E-state index contributed by atoms with van der Waals surface area (Å²) in [7, 11) is 1.45. The summed E-state index contributed by atoms with van der Waals surface area (Å²) >= 11 is 1.77. The number of fused-ring (bicyclic) bond motifs is 6. The summed E-state index contributed by atoms with van der Waals surface area (Å²) in [4.78, 5) is 21.3. The van der Waals surface area contributed by atoms with E-state index < -0.39 is 0 Å². The fourth-order valence-electron chi connectivity index (χ4n) is 7.22. The van der Waals surface area contributed by atoms with Gasteiger partial charge in [-0.05, 0) is 94.8 Å². The predicted octanol–water partition coefficient (Wildman–Crippen LogP) is 5.90. The maximum absolute atomic E-state index is 14.0. The van der Waals surface area contributed by atoms with Crippen molar-refractivity contribution in [3.8, 4) is 5.75 Å². The standard InChI is InChI=1S/C33H39FN4O3S/c1-19-27(20-10-12-22(34)13-11-20)38-31(35-33(2,3)4)29-25-16-21-8-6-14-36-15-7-9-24(28(21)36)30(25)41-18-23(17-26(39)40-5)37(29)32(38)42-19/h10-13,16,23,32,35H,6-9,14-15,17-18H2,1-5H3. The number of anilines is 1. The monoisotopic (exact) mass is 590 g/mol. The van der Waals surface area contributed by atoms with Crippen molar-refractivity contribution in [3.05, 3.63) is 69.1 Å². The van der Waals surface area contributed by atoms with Gasteiger partial charge >= 0.3 is 5.97 Å². The molecule has 2 atom stereocenters. The largest absolute Gasteiger partial charge is 0.490 e. The smallest absolute Gasteiger partial charge is 0.307 e. The summed E-state index contributed by atoms with van der Waals surface area (Å²) in [6.07, 6.45) is 4.51. The van der Waals surface area contributed by atoms with Crippen LogP contribution in [0, 0.1) is 5.82 Å². The summed E-state index contributed by atoms with van der Waals surface area (Å²) in [5.41, 5.74) is 7.87. The minimum Gasteiger partial charge on any atom is -0.490 e. The first-order valence-electron chi connectivity index (χ1n) is 15.0. The van der Waals surface area contributed by atoms with E-state index >= 15 is 0 Å². The van der Waals surface area contributed by atoms with Gasteiger partial charge in [0.1, 0.15) is 24.0 Å². The molecule has 42 heavy (non-hydrogen) atoms. The molecule has 222 valence electrons. The van der Waals surface area contributed by atoms with Gasteiger partial charge in [-0.3, -0.25) is 9.69 Å². The normalized spacial score (nSPS) is 22.8. The molecule has 2 aromatic carbocycles. The molecule has 7 rings (SSSR count). The number of hydrogen-bond acceptors (Lipinski definition) is 8. The Morgan fingerprint density at radius 2 is 1.88 bits per heavy atom. The molecule has 1 N–H and O–H groups in total. The molecule has 0 fully saturated rings. The average molecular weight is 591 g/mol. The van der Waals surface area contributed by atoms with Gasteiger partial charge < -0.3 is 24.6 Å². The second-order valence-electron chi connectivity index (χ2n) is 12.9. The van der Waals surface area contributed by atoms with Crippen molar-refractivity contribution >= 4 is 34.8 Å². The van der Waals surface area contributed by atoms with E-state index in [-0.39, 0.29) is 35.3 Å². The summed E-state index contributed by atoms with van der Waals surface area (Å²) in [6, 6.07) is 8.90. The molecule has 0 amide bonds. The van der Waals surface area contributed by atoms with Crippen molar-refractivity contribution in [2.24, 2.45) is 0 Å². The SMILES string of the molecule is COC(=O)CC1COc2c(cc3c4c2CCCN4CCC3)C2=C(NC(C)(C)C)N3C(c4ccc(F)cc4)=C(C)SC3N21. The number of nitrogens with one attached hydrogen (secondary N) is 1. The number of hydrogen-bond donors (Lipinski definition) is 1. The number of carbonyl (C=O) groups excluding carboxylic acids is 1. The number of benzene rings is 2. The van der Waals surface area contributed by atoms with Crippen molar-refractivity contribution in [1.82, 2.24) is 15.1 Å². The Kier molecular flexibility index (Phi) is 6.64. The Morgan fingerprint density at radius 1 is 1.14 bits per heavy atom. The number of carbonyl (C=O) groups is 1. The highest BCUT2D eigenvalue weighted by Gasteiger charge is 2.51. The Morgan fingerprint density at radius 3 is 2.60 bits per heavy atom. The second-order valence-corrected chi connectivity index (χ2v) is 14.2. The van der Waals surface area contributed by atoms with E-state index in [2.05, 4.69) is 53.8 Å². The highest BCUT2D eigenvalue weighted by atomic mass is 32.2. The van der Waals surface area contributed by atoms with Gasteiger partial charge in [0.05, 0.1) is 31.0 Å². The fourth-order valence-corrected chi connectivity index (χ4v) is 8.57. The molecule has 0 spiro atoms. The van der Waals surface area contributed by atoms with Crippen LogP contribution < -0.4 is 15.0 Å². The van der Waals surface area contributed by atoms with E-state index in [1.54, 1.807) is 11.8 Å². The van der Waals surface area contributed by atoms with Gasteiger partial charge in [0, 0.05) is 40.3 Å². The van der Waals surface area contributed by atoms with Crippen LogP contribution in [-0.4, -0.2) is 59.7 Å². The molecule has 2 unspecified atom stereocenters. The van der Waals surface area contributed by atoms with Gasteiger partial charge in [-0.1, -0.05) is 11.8 Å². The zero-order valence-electron chi connectivity index (χ0n) is 25.1. The first-order chi connectivity index (χ1) is 20.1. The predicted molar refractivity (Wildman–Crippen MR) is 165 cm³/mol. The van der Waals surface area contributed by atoms with Gasteiger partial charge in [-0.15, -0.1) is 0 Å². The summed E-state index contributed by atoms with van der Waals surface area (Å²) in [6.45, 7) is 11.2. The van der Waals surface area contributed by atoms with Gasteiger partial charge in [-0.25, -0.2) is 4.39 Å². The number of rotatable bonds is 4. The van der Waals surface area contributed by atoms with Gasteiger partial charge in [0.2, 0.25) is 0 Å².